The smallest absolute Gasteiger partial charge is 0.395 e. The van der Waals surface area contributed by atoms with Gasteiger partial charge in [-0.15, -0.1) is 0 Å². The molecule has 3 aliphatic rings. The number of benzene rings is 1. The Balaban J connectivity index is 1.09. The number of nitrogens with zero attached hydrogens (tertiary/aromatic N) is 3. The molecule has 0 radical (unpaired) electrons. The van der Waals surface area contributed by atoms with Crippen LogP contribution in [0.15, 0.2) is 30.6 Å². The van der Waals surface area contributed by atoms with Crippen molar-refractivity contribution in [2.24, 2.45) is 11.3 Å². The minimum atomic E-state index is -4.15. The average molecular weight is 564 g/mol. The van der Waals surface area contributed by atoms with Crippen molar-refractivity contribution in [1.82, 2.24) is 25.5 Å². The first-order valence-corrected chi connectivity index (χ1v) is 13.8. The standard InChI is InChI=1S/C28H33F4N5O3/c29-22-13-19(4-5-21(22)24(38)36-25(39)23-3-1-10-33-23)20-14-34-26(35-15-20)40-16-18-6-11-37(12-7-18)17-27(8-2-9-27)28(30,31)32/h4-5,13-15,18,23,33H,1-3,6-12,16-17H2,(H,36,38,39)/t23-/m0/s1. The number of alkyl halides is 3. The maximum Gasteiger partial charge on any atom is 0.395 e. The van der Waals surface area contributed by atoms with E-state index in [-0.39, 0.29) is 36.9 Å². The van der Waals surface area contributed by atoms with Crippen molar-refractivity contribution in [2.45, 2.75) is 57.2 Å². The quantitative estimate of drug-likeness (QED) is 0.369. The summed E-state index contributed by atoms with van der Waals surface area (Å²) in [4.78, 5) is 34.8. The molecule has 5 rings (SSSR count). The summed E-state index contributed by atoms with van der Waals surface area (Å²) in [5.74, 6) is -1.83. The lowest BCUT2D eigenvalue weighted by molar-refractivity contribution is -0.256. The summed E-state index contributed by atoms with van der Waals surface area (Å²) in [6, 6.07) is 3.77. The first-order valence-electron chi connectivity index (χ1n) is 13.8. The summed E-state index contributed by atoms with van der Waals surface area (Å²) in [7, 11) is 0. The molecule has 2 saturated heterocycles. The summed E-state index contributed by atoms with van der Waals surface area (Å²) in [5, 5.41) is 5.23. The van der Waals surface area contributed by atoms with Gasteiger partial charge in [-0.2, -0.15) is 13.2 Å². The Bertz CT molecular complexity index is 1210. The van der Waals surface area contributed by atoms with E-state index < -0.39 is 35.3 Å². The fourth-order valence-electron chi connectivity index (χ4n) is 5.66. The Hall–Kier alpha value is -3.12. The topological polar surface area (TPSA) is 96.5 Å². The van der Waals surface area contributed by atoms with Crippen molar-refractivity contribution in [3.8, 4) is 17.1 Å². The molecular formula is C28H33F4N5O3. The molecule has 1 atom stereocenters. The van der Waals surface area contributed by atoms with Crippen LogP contribution in [0.5, 0.6) is 6.01 Å². The van der Waals surface area contributed by atoms with E-state index in [1.54, 1.807) is 6.07 Å². The number of amides is 2. The summed E-state index contributed by atoms with van der Waals surface area (Å²) < 4.78 is 60.9. The number of hydrogen-bond donors (Lipinski definition) is 2. The van der Waals surface area contributed by atoms with E-state index in [2.05, 4.69) is 20.6 Å². The second-order valence-electron chi connectivity index (χ2n) is 11.1. The van der Waals surface area contributed by atoms with E-state index in [1.165, 1.54) is 24.5 Å². The van der Waals surface area contributed by atoms with Gasteiger partial charge in [0.05, 0.1) is 23.6 Å². The first kappa shape index (κ1) is 28.4. The van der Waals surface area contributed by atoms with Crippen molar-refractivity contribution in [3.63, 3.8) is 0 Å². The van der Waals surface area contributed by atoms with Crippen LogP contribution in [0, 0.1) is 17.2 Å². The maximum atomic E-state index is 14.7. The molecule has 40 heavy (non-hydrogen) atoms. The number of halogens is 4. The van der Waals surface area contributed by atoms with Crippen molar-refractivity contribution < 1.29 is 31.9 Å². The van der Waals surface area contributed by atoms with E-state index in [0.717, 1.165) is 19.3 Å². The van der Waals surface area contributed by atoms with Crippen LogP contribution in [0.2, 0.25) is 0 Å². The molecule has 2 amide bonds. The van der Waals surface area contributed by atoms with Gasteiger partial charge in [-0.3, -0.25) is 14.9 Å². The Morgan fingerprint density at radius 1 is 1.07 bits per heavy atom. The van der Waals surface area contributed by atoms with E-state index in [4.69, 9.17) is 4.74 Å². The van der Waals surface area contributed by atoms with Crippen LogP contribution in [0.25, 0.3) is 11.1 Å². The Kier molecular flexibility index (Phi) is 8.37. The largest absolute Gasteiger partial charge is 0.463 e. The molecule has 0 unspecified atom stereocenters. The van der Waals surface area contributed by atoms with Crippen LogP contribution >= 0.6 is 0 Å². The lowest BCUT2D eigenvalue weighted by Crippen LogP contribution is -2.53. The number of carbonyl (C=O) groups is 2. The van der Waals surface area contributed by atoms with Gasteiger partial charge in [0, 0.05) is 24.5 Å². The number of imide groups is 1. The number of hydrogen-bond acceptors (Lipinski definition) is 7. The summed E-state index contributed by atoms with van der Waals surface area (Å²) in [6.45, 7) is 2.37. The van der Waals surface area contributed by atoms with Gasteiger partial charge >= 0.3 is 12.2 Å². The fourth-order valence-corrected chi connectivity index (χ4v) is 5.66. The lowest BCUT2D eigenvalue weighted by atomic mass is 9.67. The third-order valence-electron chi connectivity index (χ3n) is 8.38. The van der Waals surface area contributed by atoms with E-state index in [0.29, 0.717) is 50.2 Å². The number of aromatic nitrogens is 2. The minimum Gasteiger partial charge on any atom is -0.463 e. The van der Waals surface area contributed by atoms with Crippen LogP contribution < -0.4 is 15.4 Å². The molecular weight excluding hydrogens is 530 g/mol. The van der Waals surface area contributed by atoms with Gasteiger partial charge in [-0.1, -0.05) is 12.5 Å². The molecule has 3 fully saturated rings. The Morgan fingerprint density at radius 3 is 2.38 bits per heavy atom. The molecule has 2 aromatic rings. The van der Waals surface area contributed by atoms with Crippen LogP contribution in [0.4, 0.5) is 17.6 Å². The summed E-state index contributed by atoms with van der Waals surface area (Å²) in [6.07, 6.45) is 2.87. The monoisotopic (exact) mass is 563 g/mol. The predicted molar refractivity (Wildman–Crippen MR) is 138 cm³/mol. The molecule has 216 valence electrons. The molecule has 2 aliphatic heterocycles. The third-order valence-corrected chi connectivity index (χ3v) is 8.38. The second kappa shape index (κ2) is 11.8. The highest BCUT2D eigenvalue weighted by atomic mass is 19.4. The third kappa shape index (κ3) is 6.27. The van der Waals surface area contributed by atoms with E-state index in [1.807, 2.05) is 4.90 Å². The molecule has 0 bridgehead atoms. The Labute approximate surface area is 229 Å². The molecule has 1 aromatic carbocycles. The van der Waals surface area contributed by atoms with E-state index >= 15 is 0 Å². The highest BCUT2D eigenvalue weighted by Crippen LogP contribution is 2.53. The predicted octanol–water partition coefficient (Wildman–Crippen LogP) is 4.11. The number of nitrogens with one attached hydrogen (secondary N) is 2. The highest BCUT2D eigenvalue weighted by Gasteiger charge is 2.58. The maximum absolute atomic E-state index is 14.7. The van der Waals surface area contributed by atoms with Gasteiger partial charge in [0.2, 0.25) is 5.91 Å². The van der Waals surface area contributed by atoms with Crippen LogP contribution in [0.3, 0.4) is 0 Å². The minimum absolute atomic E-state index is 0.0803. The molecule has 2 N–H and O–H groups in total. The molecule has 12 heteroatoms. The van der Waals surface area contributed by atoms with Crippen LogP contribution in [-0.4, -0.2) is 71.7 Å². The molecule has 1 aliphatic carbocycles. The SMILES string of the molecule is O=C(NC(=O)[C@@H]1CCCN1)c1ccc(-c2cnc(OCC3CCN(CC4(C(F)(F)F)CCC4)CC3)nc2)cc1F. The number of ether oxygens (including phenoxy) is 1. The molecule has 1 aromatic heterocycles. The van der Waals surface area contributed by atoms with Gasteiger partial charge in [0.25, 0.3) is 5.91 Å². The highest BCUT2D eigenvalue weighted by molar-refractivity contribution is 6.06. The molecule has 8 nitrogen and oxygen atoms in total. The molecule has 1 saturated carbocycles. The molecule has 0 spiro atoms. The van der Waals surface area contributed by atoms with Gasteiger partial charge in [-0.25, -0.2) is 14.4 Å². The zero-order valence-corrected chi connectivity index (χ0v) is 22.1. The Morgan fingerprint density at radius 2 is 1.80 bits per heavy atom. The number of piperidine rings is 1. The van der Waals surface area contributed by atoms with Crippen LogP contribution in [-0.2, 0) is 4.79 Å². The van der Waals surface area contributed by atoms with Crippen molar-refractivity contribution >= 4 is 11.8 Å². The summed E-state index contributed by atoms with van der Waals surface area (Å²) >= 11 is 0. The second-order valence-corrected chi connectivity index (χ2v) is 11.1. The first-order chi connectivity index (χ1) is 19.1. The van der Waals surface area contributed by atoms with Crippen LogP contribution in [0.1, 0.15) is 55.3 Å². The zero-order valence-electron chi connectivity index (χ0n) is 22.1. The van der Waals surface area contributed by atoms with Gasteiger partial charge in [0.1, 0.15) is 5.82 Å². The van der Waals surface area contributed by atoms with Gasteiger partial charge in [-0.05, 0) is 81.8 Å². The number of rotatable bonds is 8. The number of carbonyl (C=O) groups excluding carboxylic acids is 2. The van der Waals surface area contributed by atoms with E-state index in [9.17, 15) is 27.2 Å². The zero-order chi connectivity index (χ0) is 28.3. The van der Waals surface area contributed by atoms with Gasteiger partial charge < -0.3 is 15.0 Å². The lowest BCUT2D eigenvalue weighted by Gasteiger charge is -2.47. The van der Waals surface area contributed by atoms with Crippen molar-refractivity contribution in [3.05, 3.63) is 42.0 Å². The summed E-state index contributed by atoms with van der Waals surface area (Å²) in [5.41, 5.74) is -0.789. The fraction of sp³-hybridized carbons (Fsp3) is 0.571. The van der Waals surface area contributed by atoms with Gasteiger partial charge in [0.15, 0.2) is 0 Å². The number of likely N-dealkylation sites (tertiary alicyclic amines) is 1. The van der Waals surface area contributed by atoms with Crippen molar-refractivity contribution in [1.29, 1.82) is 0 Å². The van der Waals surface area contributed by atoms with Crippen molar-refractivity contribution in [2.75, 3.05) is 32.8 Å². The normalized spacial score (nSPS) is 21.6. The average Bonchev–Trinajstić information content (AvgIpc) is 3.45. The molecule has 3 heterocycles.